The van der Waals surface area contributed by atoms with E-state index < -0.39 is 11.7 Å². The van der Waals surface area contributed by atoms with Crippen molar-refractivity contribution in [2.75, 3.05) is 6.61 Å². The van der Waals surface area contributed by atoms with Crippen molar-refractivity contribution < 1.29 is 9.84 Å². The van der Waals surface area contributed by atoms with Crippen LogP contribution in [0.25, 0.3) is 0 Å². The van der Waals surface area contributed by atoms with E-state index >= 15 is 0 Å². The van der Waals surface area contributed by atoms with Crippen molar-refractivity contribution in [3.8, 4) is 0 Å². The molecule has 1 heterocycles. The quantitative estimate of drug-likeness (QED) is 0.804. The van der Waals surface area contributed by atoms with Crippen molar-refractivity contribution in [1.29, 1.82) is 0 Å². The molecule has 0 saturated heterocycles. The first-order valence-corrected chi connectivity index (χ1v) is 5.78. The van der Waals surface area contributed by atoms with Gasteiger partial charge in [0.1, 0.15) is 6.10 Å². The molecule has 1 unspecified atom stereocenters. The summed E-state index contributed by atoms with van der Waals surface area (Å²) in [6, 6.07) is 0. The van der Waals surface area contributed by atoms with E-state index in [-0.39, 0.29) is 0 Å². The molecule has 90 valence electrons. The largest absolute Gasteiger partial charge is 0.384 e. The molecular weight excluding hydrogens is 204 g/mol. The zero-order valence-corrected chi connectivity index (χ0v) is 10.2. The van der Waals surface area contributed by atoms with Crippen LogP contribution in [0.15, 0.2) is 18.6 Å². The van der Waals surface area contributed by atoms with Crippen molar-refractivity contribution in [3.63, 3.8) is 0 Å². The molecule has 0 aromatic carbocycles. The highest BCUT2D eigenvalue weighted by atomic mass is 16.5. The lowest BCUT2D eigenvalue weighted by Crippen LogP contribution is -2.38. The van der Waals surface area contributed by atoms with Crippen LogP contribution >= 0.6 is 0 Å². The van der Waals surface area contributed by atoms with E-state index in [0.717, 1.165) is 12.8 Å². The summed E-state index contributed by atoms with van der Waals surface area (Å²) in [4.78, 5) is 8.10. The van der Waals surface area contributed by atoms with Crippen LogP contribution in [0.3, 0.4) is 0 Å². The summed E-state index contributed by atoms with van der Waals surface area (Å²) in [5, 5.41) is 10.3. The summed E-state index contributed by atoms with van der Waals surface area (Å²) >= 11 is 0. The van der Waals surface area contributed by atoms with Gasteiger partial charge in [-0.3, -0.25) is 9.97 Å². The van der Waals surface area contributed by atoms with Crippen LogP contribution in [-0.2, 0) is 4.74 Å². The smallest absolute Gasteiger partial charge is 0.126 e. The second-order valence-corrected chi connectivity index (χ2v) is 3.74. The Kier molecular flexibility index (Phi) is 4.83. The Morgan fingerprint density at radius 1 is 1.31 bits per heavy atom. The lowest BCUT2D eigenvalue weighted by atomic mass is 9.88. The van der Waals surface area contributed by atoms with Gasteiger partial charge < -0.3 is 9.84 Å². The molecule has 4 heteroatoms. The highest BCUT2D eigenvalue weighted by Gasteiger charge is 2.37. The topological polar surface area (TPSA) is 55.2 Å². The van der Waals surface area contributed by atoms with Gasteiger partial charge in [-0.05, 0) is 19.8 Å². The molecule has 0 saturated carbocycles. The highest BCUT2D eigenvalue weighted by molar-refractivity contribution is 5.06. The molecule has 0 amide bonds. The number of nitrogens with zero attached hydrogens (tertiary/aromatic N) is 2. The maximum Gasteiger partial charge on any atom is 0.126 e. The Morgan fingerprint density at radius 2 is 2.00 bits per heavy atom. The van der Waals surface area contributed by atoms with Gasteiger partial charge in [0.25, 0.3) is 0 Å². The second-order valence-electron chi connectivity index (χ2n) is 3.74. The Bertz CT molecular complexity index is 299. The van der Waals surface area contributed by atoms with Gasteiger partial charge in [-0.2, -0.15) is 0 Å². The zero-order chi connectivity index (χ0) is 12.0. The molecule has 0 spiro atoms. The molecule has 0 aliphatic rings. The summed E-state index contributed by atoms with van der Waals surface area (Å²) in [5.41, 5.74) is 0.0183. The van der Waals surface area contributed by atoms with Crippen LogP contribution < -0.4 is 0 Å². The zero-order valence-electron chi connectivity index (χ0n) is 10.2. The summed E-state index contributed by atoms with van der Waals surface area (Å²) in [6.07, 6.45) is 5.53. The summed E-state index contributed by atoms with van der Waals surface area (Å²) in [6.45, 7) is 6.54. The molecule has 0 aliphatic heterocycles. The maximum atomic E-state index is 10.3. The van der Waals surface area contributed by atoms with E-state index in [1.54, 1.807) is 18.6 Å². The van der Waals surface area contributed by atoms with Crippen LogP contribution in [0, 0.1) is 0 Å². The van der Waals surface area contributed by atoms with Gasteiger partial charge in [-0.1, -0.05) is 13.8 Å². The minimum absolute atomic E-state index is 0.551. The fourth-order valence-corrected chi connectivity index (χ4v) is 1.93. The summed E-state index contributed by atoms with van der Waals surface area (Å²) in [5.74, 6) is 0. The molecule has 0 fully saturated rings. The monoisotopic (exact) mass is 224 g/mol. The second kappa shape index (κ2) is 5.92. The van der Waals surface area contributed by atoms with Gasteiger partial charge in [0.15, 0.2) is 0 Å². The van der Waals surface area contributed by atoms with Crippen molar-refractivity contribution in [2.45, 2.75) is 45.3 Å². The Balaban J connectivity index is 2.95. The number of hydrogen-bond donors (Lipinski definition) is 1. The predicted molar refractivity (Wildman–Crippen MR) is 61.9 cm³/mol. The third kappa shape index (κ3) is 2.57. The van der Waals surface area contributed by atoms with Gasteiger partial charge in [-0.15, -0.1) is 0 Å². The lowest BCUT2D eigenvalue weighted by Gasteiger charge is -2.35. The molecule has 1 rings (SSSR count). The van der Waals surface area contributed by atoms with E-state index in [9.17, 15) is 5.11 Å². The number of ether oxygens (including phenoxy) is 1. The van der Waals surface area contributed by atoms with E-state index in [1.165, 1.54) is 0 Å². The highest BCUT2D eigenvalue weighted by Crippen LogP contribution is 2.34. The Labute approximate surface area is 96.7 Å². The molecule has 4 nitrogen and oxygen atoms in total. The Hall–Kier alpha value is -1.00. The summed E-state index contributed by atoms with van der Waals surface area (Å²) < 4.78 is 5.73. The number of aromatic nitrogens is 2. The normalized spacial score (nSPS) is 13.8. The average Bonchev–Trinajstić information content (AvgIpc) is 2.36. The van der Waals surface area contributed by atoms with Crippen molar-refractivity contribution >= 4 is 0 Å². The molecule has 16 heavy (non-hydrogen) atoms. The van der Waals surface area contributed by atoms with Crippen LogP contribution in [0.1, 0.15) is 45.4 Å². The fraction of sp³-hybridized carbons (Fsp3) is 0.667. The minimum atomic E-state index is -0.726. The first kappa shape index (κ1) is 13.1. The average molecular weight is 224 g/mol. The molecule has 1 aromatic rings. The number of aliphatic hydroxyl groups excluding tert-OH is 1. The van der Waals surface area contributed by atoms with Crippen LogP contribution in [-0.4, -0.2) is 27.3 Å². The molecule has 0 aliphatic carbocycles. The van der Waals surface area contributed by atoms with Crippen LogP contribution in [0.5, 0.6) is 0 Å². The predicted octanol–water partition coefficient (Wildman–Crippen LogP) is 2.11. The van der Waals surface area contributed by atoms with Gasteiger partial charge >= 0.3 is 0 Å². The molecule has 1 aromatic heterocycles. The van der Waals surface area contributed by atoms with Crippen molar-refractivity contribution in [1.82, 2.24) is 9.97 Å². The van der Waals surface area contributed by atoms with Crippen molar-refractivity contribution in [2.24, 2.45) is 0 Å². The SMILES string of the molecule is CCOC(CC)(CC)C(O)c1cnccn1. The fourth-order valence-electron chi connectivity index (χ4n) is 1.93. The number of aliphatic hydroxyl groups is 1. The molecule has 1 N–H and O–H groups in total. The Morgan fingerprint density at radius 3 is 2.44 bits per heavy atom. The maximum absolute atomic E-state index is 10.3. The van der Waals surface area contributed by atoms with Crippen molar-refractivity contribution in [3.05, 3.63) is 24.3 Å². The molecular formula is C12H20N2O2. The van der Waals surface area contributed by atoms with E-state index in [1.807, 2.05) is 20.8 Å². The minimum Gasteiger partial charge on any atom is -0.384 e. The molecule has 1 atom stereocenters. The van der Waals surface area contributed by atoms with Crippen LogP contribution in [0.2, 0.25) is 0 Å². The molecule has 0 bridgehead atoms. The van der Waals surface area contributed by atoms with Gasteiger partial charge in [0, 0.05) is 19.0 Å². The number of rotatable bonds is 6. The van der Waals surface area contributed by atoms with E-state index in [2.05, 4.69) is 9.97 Å². The first-order valence-electron chi connectivity index (χ1n) is 5.78. The third-order valence-corrected chi connectivity index (χ3v) is 2.99. The van der Waals surface area contributed by atoms with Gasteiger partial charge in [0.05, 0.1) is 17.5 Å². The first-order chi connectivity index (χ1) is 7.70. The van der Waals surface area contributed by atoms with Crippen LogP contribution in [0.4, 0.5) is 0 Å². The standard InChI is InChI=1S/C12H20N2O2/c1-4-12(5-2,16-6-3)11(15)10-9-13-7-8-14-10/h7-9,11,15H,4-6H2,1-3H3. The summed E-state index contributed by atoms with van der Waals surface area (Å²) in [7, 11) is 0. The van der Waals surface area contributed by atoms with Gasteiger partial charge in [0.2, 0.25) is 0 Å². The van der Waals surface area contributed by atoms with Gasteiger partial charge in [-0.25, -0.2) is 0 Å². The molecule has 0 radical (unpaired) electrons. The lowest BCUT2D eigenvalue weighted by molar-refractivity contribution is -0.128. The van der Waals surface area contributed by atoms with E-state index in [0.29, 0.717) is 12.3 Å². The number of hydrogen-bond acceptors (Lipinski definition) is 4. The van der Waals surface area contributed by atoms with E-state index in [4.69, 9.17) is 4.74 Å². The third-order valence-electron chi connectivity index (χ3n) is 2.99.